The molecule has 0 aromatic carbocycles. The number of likely N-dealkylation sites (N-methyl/N-ethyl adjacent to an activating group) is 1. The molecule has 0 radical (unpaired) electrons. The van der Waals surface area contributed by atoms with E-state index in [0.717, 1.165) is 18.0 Å². The van der Waals surface area contributed by atoms with Crippen molar-refractivity contribution in [2.45, 2.75) is 57.5 Å². The zero-order valence-electron chi connectivity index (χ0n) is 13.7. The van der Waals surface area contributed by atoms with Gasteiger partial charge in [0.15, 0.2) is 0 Å². The van der Waals surface area contributed by atoms with Crippen LogP contribution in [0.3, 0.4) is 0 Å². The predicted octanol–water partition coefficient (Wildman–Crippen LogP) is 2.11. The lowest BCUT2D eigenvalue weighted by Gasteiger charge is -2.49. The van der Waals surface area contributed by atoms with Gasteiger partial charge in [0.2, 0.25) is 0 Å². The molecule has 1 aliphatic carbocycles. The summed E-state index contributed by atoms with van der Waals surface area (Å²) in [5.41, 5.74) is 9.13. The summed E-state index contributed by atoms with van der Waals surface area (Å²) in [6, 6.07) is 2.32. The molecular formula is C16H30N4. The zero-order valence-corrected chi connectivity index (χ0v) is 13.7. The summed E-state index contributed by atoms with van der Waals surface area (Å²) in [6.07, 6.45) is 5.95. The standard InChI is InChI=1S/C16H30N4/c1-12-7-6-8-16(11-12,19(3)4)15(17)10-14-9-13(2)18-20(14)5/h9,12,15H,6-8,10-11,17H2,1-5H3. The van der Waals surface area contributed by atoms with Crippen LogP contribution >= 0.6 is 0 Å². The van der Waals surface area contributed by atoms with E-state index in [1.807, 2.05) is 18.7 Å². The summed E-state index contributed by atoms with van der Waals surface area (Å²) in [7, 11) is 6.39. The third-order valence-corrected chi connectivity index (χ3v) is 5.12. The Bertz CT molecular complexity index is 451. The average Bonchev–Trinajstić information content (AvgIpc) is 2.67. The summed E-state index contributed by atoms with van der Waals surface area (Å²) < 4.78 is 1.98. The summed E-state index contributed by atoms with van der Waals surface area (Å²) >= 11 is 0. The zero-order chi connectivity index (χ0) is 14.9. The van der Waals surface area contributed by atoms with E-state index in [0.29, 0.717) is 0 Å². The molecule has 0 aliphatic heterocycles. The molecule has 1 aromatic heterocycles. The Morgan fingerprint density at radius 3 is 2.75 bits per heavy atom. The third kappa shape index (κ3) is 2.91. The Labute approximate surface area is 123 Å². The number of rotatable bonds is 4. The van der Waals surface area contributed by atoms with Gasteiger partial charge in [-0.25, -0.2) is 0 Å². The molecule has 3 atom stereocenters. The molecule has 3 unspecified atom stereocenters. The Morgan fingerprint density at radius 1 is 1.55 bits per heavy atom. The Balaban J connectivity index is 2.19. The minimum absolute atomic E-state index is 0.135. The normalized spacial score (nSPS) is 28.9. The van der Waals surface area contributed by atoms with E-state index in [-0.39, 0.29) is 11.6 Å². The fourth-order valence-corrected chi connectivity index (χ4v) is 3.91. The second kappa shape index (κ2) is 5.86. The highest BCUT2D eigenvalue weighted by molar-refractivity contribution is 5.13. The highest BCUT2D eigenvalue weighted by Crippen LogP contribution is 2.38. The number of aromatic nitrogens is 2. The quantitative estimate of drug-likeness (QED) is 0.917. The van der Waals surface area contributed by atoms with Crippen molar-refractivity contribution >= 4 is 0 Å². The van der Waals surface area contributed by atoms with Gasteiger partial charge in [0.1, 0.15) is 0 Å². The van der Waals surface area contributed by atoms with Gasteiger partial charge in [0, 0.05) is 30.7 Å². The first-order chi connectivity index (χ1) is 9.35. The minimum atomic E-state index is 0.135. The Morgan fingerprint density at radius 2 is 2.25 bits per heavy atom. The molecule has 4 heteroatoms. The van der Waals surface area contributed by atoms with Crippen molar-refractivity contribution in [2.24, 2.45) is 18.7 Å². The molecule has 20 heavy (non-hydrogen) atoms. The molecule has 0 saturated heterocycles. The van der Waals surface area contributed by atoms with Gasteiger partial charge in [-0.1, -0.05) is 19.8 Å². The number of hydrogen-bond acceptors (Lipinski definition) is 3. The molecule has 1 fully saturated rings. The van der Waals surface area contributed by atoms with Crippen molar-refractivity contribution in [3.8, 4) is 0 Å². The molecule has 0 spiro atoms. The number of hydrogen-bond donors (Lipinski definition) is 1. The summed E-state index contributed by atoms with van der Waals surface area (Å²) in [4.78, 5) is 2.37. The molecule has 4 nitrogen and oxygen atoms in total. The van der Waals surface area contributed by atoms with Gasteiger partial charge in [-0.15, -0.1) is 0 Å². The first kappa shape index (κ1) is 15.5. The van der Waals surface area contributed by atoms with Crippen LogP contribution in [0.15, 0.2) is 6.07 Å². The summed E-state index contributed by atoms with van der Waals surface area (Å²) in [6.45, 7) is 4.40. The van der Waals surface area contributed by atoms with Crippen LogP contribution in [-0.4, -0.2) is 40.4 Å². The molecule has 114 valence electrons. The largest absolute Gasteiger partial charge is 0.326 e. The van der Waals surface area contributed by atoms with E-state index >= 15 is 0 Å². The predicted molar refractivity (Wildman–Crippen MR) is 83.7 cm³/mol. The molecule has 1 saturated carbocycles. The van der Waals surface area contributed by atoms with Crippen LogP contribution in [0.4, 0.5) is 0 Å². The maximum atomic E-state index is 6.67. The number of nitrogens with zero attached hydrogens (tertiary/aromatic N) is 3. The lowest BCUT2D eigenvalue weighted by Crippen LogP contribution is -2.60. The van der Waals surface area contributed by atoms with E-state index < -0.39 is 0 Å². The lowest BCUT2D eigenvalue weighted by molar-refractivity contribution is 0.0498. The first-order valence-corrected chi connectivity index (χ1v) is 7.77. The highest BCUT2D eigenvalue weighted by atomic mass is 15.3. The van der Waals surface area contributed by atoms with Crippen molar-refractivity contribution in [1.29, 1.82) is 0 Å². The lowest BCUT2D eigenvalue weighted by atomic mass is 9.70. The molecule has 2 rings (SSSR count). The van der Waals surface area contributed by atoms with Crippen LogP contribution in [0.25, 0.3) is 0 Å². The maximum absolute atomic E-state index is 6.67. The van der Waals surface area contributed by atoms with E-state index in [1.54, 1.807) is 0 Å². The van der Waals surface area contributed by atoms with Gasteiger partial charge >= 0.3 is 0 Å². The van der Waals surface area contributed by atoms with E-state index in [1.165, 1.54) is 31.4 Å². The van der Waals surface area contributed by atoms with Crippen LogP contribution in [-0.2, 0) is 13.5 Å². The molecule has 2 N–H and O–H groups in total. The van der Waals surface area contributed by atoms with Crippen molar-refractivity contribution in [1.82, 2.24) is 14.7 Å². The first-order valence-electron chi connectivity index (χ1n) is 7.77. The molecule has 0 bridgehead atoms. The maximum Gasteiger partial charge on any atom is 0.0596 e. The molecule has 0 amide bonds. The van der Waals surface area contributed by atoms with Gasteiger partial charge in [-0.05, 0) is 45.8 Å². The van der Waals surface area contributed by atoms with Crippen LogP contribution in [0.1, 0.15) is 44.0 Å². The monoisotopic (exact) mass is 278 g/mol. The number of aryl methyl sites for hydroxylation is 2. The van der Waals surface area contributed by atoms with Gasteiger partial charge < -0.3 is 10.6 Å². The SMILES string of the molecule is Cc1cc(CC(N)C2(N(C)C)CCCC(C)C2)n(C)n1. The molecule has 1 heterocycles. The fourth-order valence-electron chi connectivity index (χ4n) is 3.91. The van der Waals surface area contributed by atoms with Gasteiger partial charge in [-0.2, -0.15) is 5.10 Å². The minimum Gasteiger partial charge on any atom is -0.326 e. The second-order valence-electron chi connectivity index (χ2n) is 6.91. The van der Waals surface area contributed by atoms with Crippen LogP contribution in [0.2, 0.25) is 0 Å². The van der Waals surface area contributed by atoms with Crippen LogP contribution < -0.4 is 5.73 Å². The van der Waals surface area contributed by atoms with Crippen molar-refractivity contribution in [3.63, 3.8) is 0 Å². The van der Waals surface area contributed by atoms with Crippen LogP contribution in [0.5, 0.6) is 0 Å². The van der Waals surface area contributed by atoms with Crippen molar-refractivity contribution < 1.29 is 0 Å². The summed E-state index contributed by atoms with van der Waals surface area (Å²) in [5, 5.41) is 4.44. The van der Waals surface area contributed by atoms with Crippen molar-refractivity contribution in [2.75, 3.05) is 14.1 Å². The van der Waals surface area contributed by atoms with E-state index in [9.17, 15) is 0 Å². The number of nitrogens with two attached hydrogens (primary N) is 1. The topological polar surface area (TPSA) is 47.1 Å². The average molecular weight is 278 g/mol. The van der Waals surface area contributed by atoms with Crippen molar-refractivity contribution in [3.05, 3.63) is 17.5 Å². The fraction of sp³-hybridized carbons (Fsp3) is 0.812. The molecule has 1 aromatic rings. The Hall–Kier alpha value is -0.870. The smallest absolute Gasteiger partial charge is 0.0596 e. The van der Waals surface area contributed by atoms with Gasteiger partial charge in [0.25, 0.3) is 0 Å². The summed E-state index contributed by atoms with van der Waals surface area (Å²) in [5.74, 6) is 0.769. The van der Waals surface area contributed by atoms with E-state index in [4.69, 9.17) is 5.73 Å². The third-order valence-electron chi connectivity index (χ3n) is 5.12. The van der Waals surface area contributed by atoms with E-state index in [2.05, 4.69) is 37.1 Å². The molecule has 1 aliphatic rings. The van der Waals surface area contributed by atoms with Gasteiger partial charge in [0.05, 0.1) is 5.69 Å². The highest BCUT2D eigenvalue weighted by Gasteiger charge is 2.42. The van der Waals surface area contributed by atoms with Crippen LogP contribution in [0, 0.1) is 12.8 Å². The Kier molecular flexibility index (Phi) is 4.55. The van der Waals surface area contributed by atoms with Gasteiger partial charge in [-0.3, -0.25) is 4.68 Å². The second-order valence-corrected chi connectivity index (χ2v) is 6.91. The molecular weight excluding hydrogens is 248 g/mol.